The number of carboxylic acid groups (broad SMARTS) is 1. The molecule has 6 nitrogen and oxygen atoms in total. The first kappa shape index (κ1) is 17.8. The molecule has 0 bridgehead atoms. The van der Waals surface area contributed by atoms with Gasteiger partial charge in [-0.25, -0.2) is 4.79 Å². The first-order valence-electron chi connectivity index (χ1n) is 6.35. The van der Waals surface area contributed by atoms with E-state index < -0.39 is 12.0 Å². The van der Waals surface area contributed by atoms with Crippen LogP contribution in [0.3, 0.4) is 0 Å². The minimum Gasteiger partial charge on any atom is -0.481 e. The second kappa shape index (κ2) is 10.7. The number of urea groups is 1. The number of carbonyl (C=O) groups excluding carboxylic acids is 2. The Hall–Kier alpha value is -1.24. The third-order valence-corrected chi connectivity index (χ3v) is 3.39. The first-order valence-corrected chi connectivity index (χ1v) is 7.51. The summed E-state index contributed by atoms with van der Waals surface area (Å²) in [5.41, 5.74) is 0. The van der Waals surface area contributed by atoms with Crippen LogP contribution in [0.5, 0.6) is 0 Å². The van der Waals surface area contributed by atoms with Gasteiger partial charge in [0.25, 0.3) is 0 Å². The van der Waals surface area contributed by atoms with Crippen molar-refractivity contribution in [3.63, 3.8) is 0 Å². The number of hydrogen-bond donors (Lipinski definition) is 3. The molecule has 3 amide bonds. The van der Waals surface area contributed by atoms with Crippen LogP contribution >= 0.6 is 11.8 Å². The molecule has 0 heterocycles. The Kier molecular flexibility index (Phi) is 9.97. The third kappa shape index (κ3) is 11.6. The molecule has 3 N–H and O–H groups in total. The Balaban J connectivity index is 3.68. The van der Waals surface area contributed by atoms with E-state index in [0.717, 1.165) is 11.5 Å². The lowest BCUT2D eigenvalue weighted by atomic mass is 10.2. The average Bonchev–Trinajstić information content (AvgIpc) is 2.31. The topological polar surface area (TPSA) is 95.5 Å². The third-order valence-electron chi connectivity index (χ3n) is 2.25. The quantitative estimate of drug-likeness (QED) is 0.561. The van der Waals surface area contributed by atoms with Crippen molar-refractivity contribution in [1.82, 2.24) is 10.6 Å². The molecular weight excluding hydrogens is 268 g/mol. The van der Waals surface area contributed by atoms with Crippen molar-refractivity contribution in [1.29, 1.82) is 0 Å². The van der Waals surface area contributed by atoms with Gasteiger partial charge in [0, 0.05) is 24.6 Å². The van der Waals surface area contributed by atoms with E-state index >= 15 is 0 Å². The van der Waals surface area contributed by atoms with Crippen LogP contribution in [-0.2, 0) is 9.59 Å². The van der Waals surface area contributed by atoms with Gasteiger partial charge in [-0.05, 0) is 25.5 Å². The fourth-order valence-corrected chi connectivity index (χ4v) is 2.02. The van der Waals surface area contributed by atoms with Crippen molar-refractivity contribution >= 4 is 29.7 Å². The second-order valence-electron chi connectivity index (χ2n) is 4.18. The van der Waals surface area contributed by atoms with Crippen molar-refractivity contribution in [2.24, 2.45) is 0 Å². The number of carboxylic acids is 1. The van der Waals surface area contributed by atoms with E-state index in [4.69, 9.17) is 5.11 Å². The maximum Gasteiger partial charge on any atom is 0.321 e. The highest BCUT2D eigenvalue weighted by Gasteiger charge is 2.10. The van der Waals surface area contributed by atoms with Crippen LogP contribution in [0, 0.1) is 0 Å². The molecular formula is C12H22N2O4S. The number of carbonyl (C=O) groups is 3. The van der Waals surface area contributed by atoms with E-state index in [0.29, 0.717) is 12.8 Å². The zero-order chi connectivity index (χ0) is 14.7. The standard InChI is InChI=1S/C12H22N2O4S/c1-3-19-8-9(2)13-12(18)14-10(15)6-4-5-7-11(16)17/h9H,3-8H2,1-2H3,(H,16,17)(H2,13,14,15,18). The molecule has 110 valence electrons. The molecule has 1 unspecified atom stereocenters. The predicted octanol–water partition coefficient (Wildman–Crippen LogP) is 1.60. The molecule has 0 aromatic carbocycles. The molecule has 19 heavy (non-hydrogen) atoms. The summed E-state index contributed by atoms with van der Waals surface area (Å²) in [5, 5.41) is 13.3. The Labute approximate surface area is 117 Å². The summed E-state index contributed by atoms with van der Waals surface area (Å²) < 4.78 is 0. The lowest BCUT2D eigenvalue weighted by Crippen LogP contribution is -2.44. The molecule has 0 saturated carbocycles. The number of rotatable bonds is 9. The molecule has 0 spiro atoms. The van der Waals surface area contributed by atoms with Gasteiger partial charge >= 0.3 is 12.0 Å². The molecule has 0 aliphatic rings. The van der Waals surface area contributed by atoms with Crippen LogP contribution in [0.1, 0.15) is 39.5 Å². The Bertz CT molecular complexity index is 310. The van der Waals surface area contributed by atoms with Crippen LogP contribution in [0.25, 0.3) is 0 Å². The molecule has 0 fully saturated rings. The normalized spacial score (nSPS) is 11.7. The van der Waals surface area contributed by atoms with Crippen LogP contribution in [-0.4, -0.2) is 40.6 Å². The average molecular weight is 290 g/mol. The van der Waals surface area contributed by atoms with Crippen molar-refractivity contribution in [2.45, 2.75) is 45.6 Å². The number of imide groups is 1. The lowest BCUT2D eigenvalue weighted by Gasteiger charge is -2.13. The van der Waals surface area contributed by atoms with Crippen LogP contribution in [0.4, 0.5) is 4.79 Å². The van der Waals surface area contributed by atoms with Crippen LogP contribution < -0.4 is 10.6 Å². The van der Waals surface area contributed by atoms with E-state index in [1.54, 1.807) is 11.8 Å². The number of nitrogens with one attached hydrogen (secondary N) is 2. The predicted molar refractivity (Wildman–Crippen MR) is 75.2 cm³/mol. The van der Waals surface area contributed by atoms with Crippen LogP contribution in [0.15, 0.2) is 0 Å². The number of aliphatic carboxylic acids is 1. The zero-order valence-corrected chi connectivity index (χ0v) is 12.2. The highest BCUT2D eigenvalue weighted by molar-refractivity contribution is 7.99. The summed E-state index contributed by atoms with van der Waals surface area (Å²) in [5.74, 6) is 0.533. The number of hydrogen-bond acceptors (Lipinski definition) is 4. The second-order valence-corrected chi connectivity index (χ2v) is 5.50. The maximum atomic E-state index is 11.4. The van der Waals surface area contributed by atoms with Gasteiger partial charge < -0.3 is 10.4 Å². The van der Waals surface area contributed by atoms with Gasteiger partial charge in [0.2, 0.25) is 5.91 Å². The number of unbranched alkanes of at least 4 members (excludes halogenated alkanes) is 1. The molecule has 0 aromatic rings. The molecule has 7 heteroatoms. The van der Waals surface area contributed by atoms with E-state index in [1.807, 2.05) is 13.8 Å². The minimum atomic E-state index is -0.875. The van der Waals surface area contributed by atoms with Crippen molar-refractivity contribution in [2.75, 3.05) is 11.5 Å². The van der Waals surface area contributed by atoms with Gasteiger partial charge in [0.15, 0.2) is 0 Å². The highest BCUT2D eigenvalue weighted by Crippen LogP contribution is 2.01. The van der Waals surface area contributed by atoms with Gasteiger partial charge in [0.1, 0.15) is 0 Å². The van der Waals surface area contributed by atoms with Gasteiger partial charge in [-0.3, -0.25) is 14.9 Å². The lowest BCUT2D eigenvalue weighted by molar-refractivity contribution is -0.137. The van der Waals surface area contributed by atoms with Gasteiger partial charge in [-0.1, -0.05) is 6.92 Å². The van der Waals surface area contributed by atoms with Crippen LogP contribution in [0.2, 0.25) is 0 Å². The minimum absolute atomic E-state index is 0.00441. The van der Waals surface area contributed by atoms with Crippen molar-refractivity contribution in [3.05, 3.63) is 0 Å². The van der Waals surface area contributed by atoms with E-state index in [-0.39, 0.29) is 24.8 Å². The summed E-state index contributed by atoms with van der Waals surface area (Å²) in [6.07, 6.45) is 1.12. The summed E-state index contributed by atoms with van der Waals surface area (Å²) in [7, 11) is 0. The Morgan fingerprint density at radius 3 is 2.42 bits per heavy atom. The molecule has 0 aliphatic carbocycles. The molecule has 0 rings (SSSR count). The highest BCUT2D eigenvalue weighted by atomic mass is 32.2. The summed E-state index contributed by atoms with van der Waals surface area (Å²) in [4.78, 5) is 33.1. The maximum absolute atomic E-state index is 11.4. The molecule has 0 aliphatic heterocycles. The fraction of sp³-hybridized carbons (Fsp3) is 0.750. The number of amides is 3. The van der Waals surface area contributed by atoms with Gasteiger partial charge in [-0.2, -0.15) is 11.8 Å². The largest absolute Gasteiger partial charge is 0.481 e. The first-order chi connectivity index (χ1) is 8.95. The zero-order valence-electron chi connectivity index (χ0n) is 11.4. The SMILES string of the molecule is CCSCC(C)NC(=O)NC(=O)CCCCC(=O)O. The fourth-order valence-electron chi connectivity index (χ4n) is 1.35. The smallest absolute Gasteiger partial charge is 0.321 e. The summed E-state index contributed by atoms with van der Waals surface area (Å²) >= 11 is 1.71. The Morgan fingerprint density at radius 2 is 1.84 bits per heavy atom. The molecule has 0 radical (unpaired) electrons. The van der Waals surface area contributed by atoms with E-state index in [2.05, 4.69) is 10.6 Å². The van der Waals surface area contributed by atoms with E-state index in [9.17, 15) is 14.4 Å². The van der Waals surface area contributed by atoms with Gasteiger partial charge in [0.05, 0.1) is 0 Å². The molecule has 0 saturated heterocycles. The van der Waals surface area contributed by atoms with E-state index in [1.165, 1.54) is 0 Å². The summed E-state index contributed by atoms with van der Waals surface area (Å²) in [6, 6.07) is -0.489. The molecule has 0 aromatic heterocycles. The van der Waals surface area contributed by atoms with Gasteiger partial charge in [-0.15, -0.1) is 0 Å². The van der Waals surface area contributed by atoms with Crippen molar-refractivity contribution < 1.29 is 19.5 Å². The monoisotopic (exact) mass is 290 g/mol. The molecule has 1 atom stereocenters. The Morgan fingerprint density at radius 1 is 1.21 bits per heavy atom. The summed E-state index contributed by atoms with van der Waals surface area (Å²) in [6.45, 7) is 3.91. The van der Waals surface area contributed by atoms with Crippen molar-refractivity contribution in [3.8, 4) is 0 Å². The number of thioether (sulfide) groups is 1.